The number of H-pyrrole nitrogens is 1. The summed E-state index contributed by atoms with van der Waals surface area (Å²) in [6, 6.07) is 18.0. The van der Waals surface area contributed by atoms with Crippen LogP contribution >= 0.6 is 0 Å². The van der Waals surface area contributed by atoms with Crippen LogP contribution in [0.25, 0.3) is 21.9 Å². The minimum absolute atomic E-state index is 0.0143. The molecule has 2 heterocycles. The van der Waals surface area contributed by atoms with Crippen molar-refractivity contribution < 1.29 is 13.9 Å². The molecule has 0 saturated heterocycles. The normalized spacial score (nSPS) is 18.0. The molecule has 2 aromatic carbocycles. The van der Waals surface area contributed by atoms with Crippen LogP contribution in [0.5, 0.6) is 5.75 Å². The molecule has 0 spiro atoms. The van der Waals surface area contributed by atoms with Crippen LogP contribution in [0, 0.1) is 11.3 Å². The average molecular weight is 471 g/mol. The Hall–Kier alpha value is -3.76. The van der Waals surface area contributed by atoms with Crippen LogP contribution < -0.4 is 10.1 Å². The first-order chi connectivity index (χ1) is 17.1. The Labute approximate surface area is 204 Å². The Morgan fingerprint density at radius 3 is 2.89 bits per heavy atom. The number of fused-ring (bicyclic) bond motifs is 2. The van der Waals surface area contributed by atoms with Crippen LogP contribution in [-0.4, -0.2) is 41.5 Å². The van der Waals surface area contributed by atoms with Gasteiger partial charge in [-0.05, 0) is 62.9 Å². The van der Waals surface area contributed by atoms with E-state index in [1.165, 1.54) is 0 Å². The lowest BCUT2D eigenvalue weighted by molar-refractivity contribution is 0.0622. The number of amides is 1. The molecule has 0 bridgehead atoms. The van der Waals surface area contributed by atoms with Gasteiger partial charge in [-0.1, -0.05) is 18.2 Å². The van der Waals surface area contributed by atoms with Gasteiger partial charge in [-0.25, -0.2) is 0 Å². The first-order valence-electron chi connectivity index (χ1n) is 12.2. The molecular formula is C28H30N4O3. The predicted molar refractivity (Wildman–Crippen MR) is 135 cm³/mol. The van der Waals surface area contributed by atoms with Gasteiger partial charge in [0, 0.05) is 34.9 Å². The smallest absolute Gasteiger partial charge is 0.270 e. The van der Waals surface area contributed by atoms with Crippen molar-refractivity contribution in [1.82, 2.24) is 15.2 Å². The SMILES string of the molecule is CCN(C(=O)c1cc2c(OC)cccc2[nH]1)C1CCCC(NCc2oc3ccccc3c2C#N)C1. The van der Waals surface area contributed by atoms with Gasteiger partial charge >= 0.3 is 0 Å². The van der Waals surface area contributed by atoms with Crippen LogP contribution in [-0.2, 0) is 6.54 Å². The van der Waals surface area contributed by atoms with Gasteiger partial charge in [0.2, 0.25) is 0 Å². The van der Waals surface area contributed by atoms with E-state index in [1.54, 1.807) is 7.11 Å². The molecule has 1 saturated carbocycles. The molecule has 1 aliphatic carbocycles. The maximum atomic E-state index is 13.5. The van der Waals surface area contributed by atoms with Crippen LogP contribution in [0.1, 0.15) is 54.4 Å². The summed E-state index contributed by atoms with van der Waals surface area (Å²) in [7, 11) is 1.64. The zero-order valence-corrected chi connectivity index (χ0v) is 20.1. The fourth-order valence-corrected chi connectivity index (χ4v) is 5.36. The molecule has 35 heavy (non-hydrogen) atoms. The number of ether oxygens (including phenoxy) is 1. The minimum atomic E-state index is 0.0143. The number of furan rings is 1. The standard InChI is InChI=1S/C28H30N4O3/c1-3-32(28(33)24-15-21-23(31-24)11-7-13-25(21)34-2)19-9-6-8-18(14-19)30-17-27-22(16-29)20-10-4-5-12-26(20)35-27/h4-5,7,10-13,15,18-19,30-31H,3,6,8-9,14,17H2,1-2H3. The quantitative estimate of drug-likeness (QED) is 0.379. The molecule has 0 aliphatic heterocycles. The highest BCUT2D eigenvalue weighted by Gasteiger charge is 2.30. The highest BCUT2D eigenvalue weighted by atomic mass is 16.5. The number of benzene rings is 2. The summed E-state index contributed by atoms with van der Waals surface area (Å²) in [6.45, 7) is 3.17. The van der Waals surface area contributed by atoms with Crippen LogP contribution in [0.2, 0.25) is 0 Å². The third-order valence-electron chi connectivity index (χ3n) is 7.09. The molecule has 7 heteroatoms. The Morgan fingerprint density at radius 1 is 1.23 bits per heavy atom. The zero-order valence-electron chi connectivity index (χ0n) is 20.1. The molecule has 5 rings (SSSR count). The number of carbonyl (C=O) groups excluding carboxylic acids is 1. The molecule has 0 radical (unpaired) electrons. The molecule has 7 nitrogen and oxygen atoms in total. The van der Waals surface area contributed by atoms with Gasteiger partial charge in [-0.3, -0.25) is 4.79 Å². The third kappa shape index (κ3) is 4.38. The lowest BCUT2D eigenvalue weighted by atomic mass is 9.89. The van der Waals surface area contributed by atoms with E-state index in [0.717, 1.165) is 53.3 Å². The number of methoxy groups -OCH3 is 1. The van der Waals surface area contributed by atoms with E-state index in [2.05, 4.69) is 16.4 Å². The summed E-state index contributed by atoms with van der Waals surface area (Å²) >= 11 is 0. The Kier molecular flexibility index (Phi) is 6.47. The number of hydrogen-bond donors (Lipinski definition) is 2. The molecular weight excluding hydrogens is 440 g/mol. The molecule has 1 fully saturated rings. The maximum absolute atomic E-state index is 13.5. The van der Waals surface area contributed by atoms with E-state index in [9.17, 15) is 10.1 Å². The van der Waals surface area contributed by atoms with Gasteiger partial charge in [0.15, 0.2) is 0 Å². The Balaban J connectivity index is 1.29. The number of carbonyl (C=O) groups is 1. The average Bonchev–Trinajstić information content (AvgIpc) is 3.49. The van der Waals surface area contributed by atoms with Crippen molar-refractivity contribution in [2.75, 3.05) is 13.7 Å². The first-order valence-corrected chi connectivity index (χ1v) is 12.2. The first kappa shape index (κ1) is 23.0. The van der Waals surface area contributed by atoms with Crippen molar-refractivity contribution in [2.24, 2.45) is 0 Å². The monoisotopic (exact) mass is 470 g/mol. The second-order valence-corrected chi connectivity index (χ2v) is 9.10. The number of hydrogen-bond acceptors (Lipinski definition) is 5. The van der Waals surface area contributed by atoms with Crippen molar-refractivity contribution in [3.05, 3.63) is 65.5 Å². The number of nitrogens with zero attached hydrogens (tertiary/aromatic N) is 2. The summed E-state index contributed by atoms with van der Waals surface area (Å²) in [5.74, 6) is 1.44. The van der Waals surface area contributed by atoms with E-state index < -0.39 is 0 Å². The van der Waals surface area contributed by atoms with Crippen LogP contribution in [0.3, 0.4) is 0 Å². The fraction of sp³-hybridized carbons (Fsp3) is 0.357. The van der Waals surface area contributed by atoms with E-state index in [-0.39, 0.29) is 18.0 Å². The van der Waals surface area contributed by atoms with Crippen molar-refractivity contribution in [2.45, 2.75) is 51.2 Å². The summed E-state index contributed by atoms with van der Waals surface area (Å²) in [6.07, 6.45) is 3.92. The summed E-state index contributed by atoms with van der Waals surface area (Å²) in [5, 5.41) is 15.0. The van der Waals surface area contributed by atoms with Gasteiger partial charge < -0.3 is 24.4 Å². The fourth-order valence-electron chi connectivity index (χ4n) is 5.36. The van der Waals surface area contributed by atoms with Crippen molar-refractivity contribution in [3.8, 4) is 11.8 Å². The largest absolute Gasteiger partial charge is 0.496 e. The van der Waals surface area contributed by atoms with Gasteiger partial charge in [-0.2, -0.15) is 5.26 Å². The lowest BCUT2D eigenvalue weighted by Crippen LogP contribution is -2.46. The van der Waals surface area contributed by atoms with Crippen molar-refractivity contribution in [3.63, 3.8) is 0 Å². The molecule has 1 aliphatic rings. The number of nitrogens with one attached hydrogen (secondary N) is 2. The lowest BCUT2D eigenvalue weighted by Gasteiger charge is -2.37. The second kappa shape index (κ2) is 9.85. The topological polar surface area (TPSA) is 94.3 Å². The maximum Gasteiger partial charge on any atom is 0.270 e. The summed E-state index contributed by atoms with van der Waals surface area (Å²) in [5.41, 5.74) is 2.81. The number of aromatic nitrogens is 1. The number of para-hydroxylation sites is 1. The van der Waals surface area contributed by atoms with Crippen molar-refractivity contribution in [1.29, 1.82) is 5.26 Å². The van der Waals surface area contributed by atoms with Gasteiger partial charge in [-0.15, -0.1) is 0 Å². The second-order valence-electron chi connectivity index (χ2n) is 9.10. The number of rotatable bonds is 7. The van der Waals surface area contributed by atoms with Gasteiger partial charge in [0.1, 0.15) is 34.4 Å². The molecule has 2 unspecified atom stereocenters. The van der Waals surface area contributed by atoms with E-state index in [4.69, 9.17) is 9.15 Å². The van der Waals surface area contributed by atoms with Crippen LogP contribution in [0.15, 0.2) is 52.9 Å². The number of aromatic amines is 1. The van der Waals surface area contributed by atoms with Gasteiger partial charge in [0.25, 0.3) is 5.91 Å². The Bertz CT molecular complexity index is 1400. The predicted octanol–water partition coefficient (Wildman–Crippen LogP) is 5.36. The molecule has 2 aromatic heterocycles. The zero-order chi connectivity index (χ0) is 24.4. The molecule has 2 atom stereocenters. The van der Waals surface area contributed by atoms with E-state index >= 15 is 0 Å². The van der Waals surface area contributed by atoms with E-state index in [1.807, 2.05) is 60.4 Å². The third-order valence-corrected chi connectivity index (χ3v) is 7.09. The van der Waals surface area contributed by atoms with Gasteiger partial charge in [0.05, 0.1) is 13.7 Å². The molecule has 2 N–H and O–H groups in total. The highest BCUT2D eigenvalue weighted by molar-refractivity contribution is 5.99. The highest BCUT2D eigenvalue weighted by Crippen LogP contribution is 2.30. The molecule has 4 aromatic rings. The summed E-state index contributed by atoms with van der Waals surface area (Å²) < 4.78 is 11.4. The van der Waals surface area contributed by atoms with Crippen LogP contribution in [0.4, 0.5) is 0 Å². The molecule has 1 amide bonds. The van der Waals surface area contributed by atoms with Crippen molar-refractivity contribution >= 4 is 27.8 Å². The molecule has 180 valence electrons. The van der Waals surface area contributed by atoms with E-state index in [0.29, 0.717) is 30.1 Å². The summed E-state index contributed by atoms with van der Waals surface area (Å²) in [4.78, 5) is 18.8. The number of nitriles is 1. The minimum Gasteiger partial charge on any atom is -0.496 e. The Morgan fingerprint density at radius 2 is 2.09 bits per heavy atom.